The molecule has 116 valence electrons. The Morgan fingerprint density at radius 2 is 2.14 bits per heavy atom. The minimum atomic E-state index is 0.0229. The zero-order valence-corrected chi connectivity index (χ0v) is 13.7. The van der Waals surface area contributed by atoms with Gasteiger partial charge in [-0.05, 0) is 43.2 Å². The average molecular weight is 317 g/mol. The number of thiazole rings is 1. The van der Waals surface area contributed by atoms with Gasteiger partial charge in [0.05, 0.1) is 23.4 Å². The third-order valence-electron chi connectivity index (χ3n) is 2.84. The lowest BCUT2D eigenvalue weighted by atomic mass is 10.2. The number of Topliss-reactive ketones (excluding diaryl/α,β-unsaturated/α-hetero) is 1. The summed E-state index contributed by atoms with van der Waals surface area (Å²) in [7, 11) is 0. The number of rotatable bonds is 7. The first-order valence-corrected chi connectivity index (χ1v) is 7.92. The number of benzene rings is 1. The molecule has 1 heterocycles. The zero-order chi connectivity index (χ0) is 15.9. The standard InChI is InChI=1S/C16H19N3O2S/c1-4-9-21-14-7-5-13(6-8-14)10-17-19-16-18-11(2)15(22-16)12(3)20/h5-8,10H,4,9H2,1-3H3,(H,18,19). The quantitative estimate of drug-likeness (QED) is 0.478. The topological polar surface area (TPSA) is 63.6 Å². The van der Waals surface area contributed by atoms with E-state index in [0.29, 0.717) is 10.0 Å². The highest BCUT2D eigenvalue weighted by atomic mass is 32.1. The van der Waals surface area contributed by atoms with Crippen LogP contribution in [-0.4, -0.2) is 23.6 Å². The van der Waals surface area contributed by atoms with E-state index in [2.05, 4.69) is 22.4 Å². The van der Waals surface area contributed by atoms with Crippen LogP contribution in [-0.2, 0) is 0 Å². The molecule has 0 unspecified atom stereocenters. The van der Waals surface area contributed by atoms with Crippen molar-refractivity contribution in [1.29, 1.82) is 0 Å². The number of aryl methyl sites for hydroxylation is 1. The third kappa shape index (κ3) is 4.39. The number of anilines is 1. The summed E-state index contributed by atoms with van der Waals surface area (Å²) in [6.45, 7) is 6.15. The normalized spacial score (nSPS) is 10.9. The highest BCUT2D eigenvalue weighted by Crippen LogP contribution is 2.22. The maximum atomic E-state index is 11.4. The van der Waals surface area contributed by atoms with E-state index in [9.17, 15) is 4.79 Å². The maximum absolute atomic E-state index is 11.4. The van der Waals surface area contributed by atoms with Crippen molar-refractivity contribution in [2.45, 2.75) is 27.2 Å². The summed E-state index contributed by atoms with van der Waals surface area (Å²) in [5.41, 5.74) is 4.54. The minimum absolute atomic E-state index is 0.0229. The second kappa shape index (κ2) is 7.70. The van der Waals surface area contributed by atoms with Gasteiger partial charge in [-0.1, -0.05) is 18.3 Å². The highest BCUT2D eigenvalue weighted by Gasteiger charge is 2.10. The van der Waals surface area contributed by atoms with Gasteiger partial charge in [-0.15, -0.1) is 0 Å². The van der Waals surface area contributed by atoms with Crippen LogP contribution in [0.3, 0.4) is 0 Å². The van der Waals surface area contributed by atoms with E-state index >= 15 is 0 Å². The first-order valence-electron chi connectivity index (χ1n) is 7.10. The van der Waals surface area contributed by atoms with Crippen molar-refractivity contribution in [3.05, 3.63) is 40.4 Å². The van der Waals surface area contributed by atoms with Gasteiger partial charge in [0.1, 0.15) is 5.75 Å². The summed E-state index contributed by atoms with van der Waals surface area (Å²) in [6, 6.07) is 7.70. The molecule has 0 aliphatic heterocycles. The van der Waals surface area contributed by atoms with Crippen LogP contribution in [0.25, 0.3) is 0 Å². The molecule has 5 nitrogen and oxygen atoms in total. The zero-order valence-electron chi connectivity index (χ0n) is 12.9. The smallest absolute Gasteiger partial charge is 0.204 e. The summed E-state index contributed by atoms with van der Waals surface area (Å²) in [6.07, 6.45) is 2.69. The fourth-order valence-corrected chi connectivity index (χ4v) is 2.61. The Labute approximate surface area is 134 Å². The number of ether oxygens (including phenoxy) is 1. The van der Waals surface area contributed by atoms with Crippen LogP contribution < -0.4 is 10.2 Å². The van der Waals surface area contributed by atoms with Crippen LogP contribution in [0.4, 0.5) is 5.13 Å². The number of ketones is 1. The van der Waals surface area contributed by atoms with Gasteiger partial charge in [0.25, 0.3) is 0 Å². The molecule has 1 aromatic carbocycles. The van der Waals surface area contributed by atoms with Gasteiger partial charge < -0.3 is 4.74 Å². The van der Waals surface area contributed by atoms with Crippen molar-refractivity contribution in [2.75, 3.05) is 12.0 Å². The Bertz CT molecular complexity index is 663. The number of nitrogens with one attached hydrogen (secondary N) is 1. The van der Waals surface area contributed by atoms with E-state index in [1.165, 1.54) is 18.3 Å². The summed E-state index contributed by atoms with van der Waals surface area (Å²) < 4.78 is 5.52. The SMILES string of the molecule is CCCOc1ccc(C=NNc2nc(C)c(C(C)=O)s2)cc1. The van der Waals surface area contributed by atoms with E-state index in [1.807, 2.05) is 31.2 Å². The molecule has 0 saturated carbocycles. The Morgan fingerprint density at radius 1 is 1.41 bits per heavy atom. The van der Waals surface area contributed by atoms with Crippen LogP contribution >= 0.6 is 11.3 Å². The molecule has 0 bridgehead atoms. The molecule has 0 spiro atoms. The number of carbonyl (C=O) groups excluding carboxylic acids is 1. The van der Waals surface area contributed by atoms with Gasteiger partial charge in [-0.3, -0.25) is 10.2 Å². The van der Waals surface area contributed by atoms with E-state index in [-0.39, 0.29) is 5.78 Å². The molecule has 1 aromatic heterocycles. The predicted octanol–water partition coefficient (Wildman–Crippen LogP) is 3.89. The van der Waals surface area contributed by atoms with Gasteiger partial charge in [0, 0.05) is 6.92 Å². The Kier molecular flexibility index (Phi) is 5.66. The van der Waals surface area contributed by atoms with Crippen LogP contribution in [0.15, 0.2) is 29.4 Å². The van der Waals surface area contributed by atoms with Crippen LogP contribution in [0.5, 0.6) is 5.75 Å². The van der Waals surface area contributed by atoms with Gasteiger partial charge in [-0.2, -0.15) is 5.10 Å². The van der Waals surface area contributed by atoms with Crippen LogP contribution in [0.2, 0.25) is 0 Å². The summed E-state index contributed by atoms with van der Waals surface area (Å²) in [5.74, 6) is 0.878. The average Bonchev–Trinajstić information content (AvgIpc) is 2.87. The largest absolute Gasteiger partial charge is 0.494 e. The first-order chi connectivity index (χ1) is 10.6. The molecule has 0 aliphatic rings. The lowest BCUT2D eigenvalue weighted by Crippen LogP contribution is -1.95. The number of carbonyl (C=O) groups is 1. The fourth-order valence-electron chi connectivity index (χ4n) is 1.80. The Hall–Kier alpha value is -2.21. The summed E-state index contributed by atoms with van der Waals surface area (Å²) >= 11 is 1.31. The molecule has 0 fully saturated rings. The number of hydrogen-bond donors (Lipinski definition) is 1. The second-order valence-corrected chi connectivity index (χ2v) is 5.78. The Morgan fingerprint density at radius 3 is 2.73 bits per heavy atom. The highest BCUT2D eigenvalue weighted by molar-refractivity contribution is 7.17. The third-order valence-corrected chi connectivity index (χ3v) is 4.01. The number of hydrazone groups is 1. The van der Waals surface area contributed by atoms with Crippen molar-refractivity contribution in [3.8, 4) is 5.75 Å². The molecule has 0 radical (unpaired) electrons. The fraction of sp³-hybridized carbons (Fsp3) is 0.312. The lowest BCUT2D eigenvalue weighted by Gasteiger charge is -2.03. The molecule has 0 saturated heterocycles. The summed E-state index contributed by atoms with van der Waals surface area (Å²) in [5, 5.41) is 4.75. The Balaban J connectivity index is 1.94. The second-order valence-electron chi connectivity index (χ2n) is 4.78. The van der Waals surface area contributed by atoms with Crippen molar-refractivity contribution in [3.63, 3.8) is 0 Å². The van der Waals surface area contributed by atoms with Gasteiger partial charge in [-0.25, -0.2) is 4.98 Å². The number of nitrogens with zero attached hydrogens (tertiary/aromatic N) is 2. The van der Waals surface area contributed by atoms with E-state index in [1.54, 1.807) is 6.21 Å². The van der Waals surface area contributed by atoms with E-state index in [0.717, 1.165) is 30.0 Å². The summed E-state index contributed by atoms with van der Waals surface area (Å²) in [4.78, 5) is 16.3. The van der Waals surface area contributed by atoms with Crippen LogP contribution in [0, 0.1) is 6.92 Å². The van der Waals surface area contributed by atoms with E-state index in [4.69, 9.17) is 4.74 Å². The predicted molar refractivity (Wildman–Crippen MR) is 90.3 cm³/mol. The molecule has 22 heavy (non-hydrogen) atoms. The first kappa shape index (κ1) is 16.2. The van der Waals surface area contributed by atoms with Gasteiger partial charge >= 0.3 is 0 Å². The molecule has 0 aliphatic carbocycles. The molecule has 0 amide bonds. The van der Waals surface area contributed by atoms with Crippen molar-refractivity contribution in [1.82, 2.24) is 4.98 Å². The number of aromatic nitrogens is 1. The number of hydrogen-bond acceptors (Lipinski definition) is 6. The van der Waals surface area contributed by atoms with Crippen LogP contribution in [0.1, 0.15) is 41.2 Å². The molecule has 0 atom stereocenters. The lowest BCUT2D eigenvalue weighted by molar-refractivity contribution is 0.102. The minimum Gasteiger partial charge on any atom is -0.494 e. The molecule has 1 N–H and O–H groups in total. The molecular weight excluding hydrogens is 298 g/mol. The van der Waals surface area contributed by atoms with Gasteiger partial charge in [0.2, 0.25) is 5.13 Å². The molecule has 2 aromatic rings. The molecule has 2 rings (SSSR count). The maximum Gasteiger partial charge on any atom is 0.204 e. The van der Waals surface area contributed by atoms with Crippen molar-refractivity contribution < 1.29 is 9.53 Å². The van der Waals surface area contributed by atoms with Crippen molar-refractivity contribution >= 4 is 28.5 Å². The van der Waals surface area contributed by atoms with Crippen molar-refractivity contribution in [2.24, 2.45) is 5.10 Å². The van der Waals surface area contributed by atoms with Gasteiger partial charge in [0.15, 0.2) is 5.78 Å². The molecular formula is C16H19N3O2S. The van der Waals surface area contributed by atoms with E-state index < -0.39 is 0 Å². The monoisotopic (exact) mass is 317 g/mol. The molecule has 6 heteroatoms.